The third kappa shape index (κ3) is 3.84. The maximum atomic E-state index is 12.5. The van der Waals surface area contributed by atoms with Crippen LogP contribution in [0.3, 0.4) is 0 Å². The van der Waals surface area contributed by atoms with Crippen molar-refractivity contribution in [2.75, 3.05) is 5.32 Å². The number of ether oxygens (including phenoxy) is 1. The Hall–Kier alpha value is -4.00. The number of carbonyl (C=O) groups excluding carboxylic acids is 1. The highest BCUT2D eigenvalue weighted by atomic mass is 16.5. The molecule has 0 atom stereocenters. The van der Waals surface area contributed by atoms with Crippen LogP contribution in [-0.4, -0.2) is 20.5 Å². The SMILES string of the molecule is CCn1c(=O)ccc2c(Nc3ccccc3)nc(OC(=O)c3ccccc3)nc21. The minimum absolute atomic E-state index is 0.127. The van der Waals surface area contributed by atoms with Crippen LogP contribution in [0.2, 0.25) is 0 Å². The van der Waals surface area contributed by atoms with Gasteiger partial charge in [0.1, 0.15) is 5.82 Å². The average molecular weight is 386 g/mol. The predicted molar refractivity (Wildman–Crippen MR) is 111 cm³/mol. The molecule has 2 heterocycles. The topological polar surface area (TPSA) is 86.1 Å². The van der Waals surface area contributed by atoms with E-state index in [0.29, 0.717) is 29.0 Å². The molecule has 0 aliphatic heterocycles. The van der Waals surface area contributed by atoms with Crippen molar-refractivity contribution < 1.29 is 9.53 Å². The Morgan fingerprint density at radius 1 is 0.966 bits per heavy atom. The van der Waals surface area contributed by atoms with E-state index in [2.05, 4.69) is 15.3 Å². The minimum Gasteiger partial charge on any atom is -0.387 e. The van der Waals surface area contributed by atoms with Gasteiger partial charge in [-0.05, 0) is 37.3 Å². The lowest BCUT2D eigenvalue weighted by molar-refractivity contribution is 0.0720. The van der Waals surface area contributed by atoms with Crippen LogP contribution in [-0.2, 0) is 6.54 Å². The quantitative estimate of drug-likeness (QED) is 0.526. The van der Waals surface area contributed by atoms with Crippen molar-refractivity contribution in [3.05, 3.63) is 88.7 Å². The van der Waals surface area contributed by atoms with Gasteiger partial charge in [-0.3, -0.25) is 9.36 Å². The molecule has 4 rings (SSSR count). The summed E-state index contributed by atoms with van der Waals surface area (Å²) in [6.07, 6.45) is 0. The maximum Gasteiger partial charge on any atom is 0.345 e. The number of benzene rings is 2. The third-order valence-corrected chi connectivity index (χ3v) is 4.37. The molecule has 4 aromatic rings. The van der Waals surface area contributed by atoms with Crippen molar-refractivity contribution in [2.24, 2.45) is 0 Å². The molecular weight excluding hydrogens is 368 g/mol. The highest BCUT2D eigenvalue weighted by molar-refractivity contribution is 5.92. The summed E-state index contributed by atoms with van der Waals surface area (Å²) in [6, 6.07) is 21.1. The summed E-state index contributed by atoms with van der Waals surface area (Å²) in [7, 11) is 0. The van der Waals surface area contributed by atoms with Gasteiger partial charge in [-0.1, -0.05) is 36.4 Å². The van der Waals surface area contributed by atoms with Crippen LogP contribution in [0.15, 0.2) is 77.6 Å². The second-order valence-corrected chi connectivity index (χ2v) is 6.25. The molecule has 0 fully saturated rings. The van der Waals surface area contributed by atoms with Crippen molar-refractivity contribution in [1.82, 2.24) is 14.5 Å². The molecule has 7 nitrogen and oxygen atoms in total. The minimum atomic E-state index is -0.572. The largest absolute Gasteiger partial charge is 0.387 e. The zero-order chi connectivity index (χ0) is 20.2. The monoisotopic (exact) mass is 386 g/mol. The highest BCUT2D eigenvalue weighted by Crippen LogP contribution is 2.25. The fourth-order valence-electron chi connectivity index (χ4n) is 2.97. The second kappa shape index (κ2) is 7.93. The van der Waals surface area contributed by atoms with Gasteiger partial charge in [-0.25, -0.2) is 4.79 Å². The Balaban J connectivity index is 1.82. The molecule has 7 heteroatoms. The first-order chi connectivity index (χ1) is 14.2. The van der Waals surface area contributed by atoms with Gasteiger partial charge < -0.3 is 10.1 Å². The van der Waals surface area contributed by atoms with E-state index < -0.39 is 5.97 Å². The van der Waals surface area contributed by atoms with Gasteiger partial charge in [0.05, 0.1) is 10.9 Å². The number of anilines is 2. The number of pyridine rings is 1. The number of rotatable bonds is 5. The molecule has 2 aromatic heterocycles. The van der Waals surface area contributed by atoms with Crippen molar-refractivity contribution in [2.45, 2.75) is 13.5 Å². The lowest BCUT2D eigenvalue weighted by Gasteiger charge is -2.13. The van der Waals surface area contributed by atoms with Crippen LogP contribution in [0.1, 0.15) is 17.3 Å². The zero-order valence-electron chi connectivity index (χ0n) is 15.7. The zero-order valence-corrected chi connectivity index (χ0v) is 15.7. The van der Waals surface area contributed by atoms with Crippen LogP contribution in [0.25, 0.3) is 11.0 Å². The van der Waals surface area contributed by atoms with Gasteiger partial charge >= 0.3 is 12.0 Å². The maximum absolute atomic E-state index is 12.5. The number of aryl methyl sites for hydroxylation is 1. The number of aromatic nitrogens is 3. The Bertz CT molecular complexity index is 1220. The van der Waals surface area contributed by atoms with Crippen molar-refractivity contribution in [3.8, 4) is 6.01 Å². The molecule has 0 unspecified atom stereocenters. The smallest absolute Gasteiger partial charge is 0.345 e. The van der Waals surface area contributed by atoms with Crippen LogP contribution < -0.4 is 15.6 Å². The van der Waals surface area contributed by atoms with E-state index in [0.717, 1.165) is 5.69 Å². The van der Waals surface area contributed by atoms with Gasteiger partial charge in [-0.15, -0.1) is 0 Å². The van der Waals surface area contributed by atoms with E-state index in [1.807, 2.05) is 43.3 Å². The summed E-state index contributed by atoms with van der Waals surface area (Å²) in [4.78, 5) is 33.4. The summed E-state index contributed by atoms with van der Waals surface area (Å²) in [6.45, 7) is 2.27. The van der Waals surface area contributed by atoms with E-state index in [9.17, 15) is 9.59 Å². The number of fused-ring (bicyclic) bond motifs is 1. The summed E-state index contributed by atoms with van der Waals surface area (Å²) >= 11 is 0. The van der Waals surface area contributed by atoms with Crippen LogP contribution in [0, 0.1) is 0 Å². The number of para-hydroxylation sites is 1. The number of carbonyl (C=O) groups is 1. The van der Waals surface area contributed by atoms with Crippen molar-refractivity contribution in [1.29, 1.82) is 0 Å². The first kappa shape index (κ1) is 18.4. The van der Waals surface area contributed by atoms with E-state index in [1.54, 1.807) is 30.3 Å². The van der Waals surface area contributed by atoms with Gasteiger partial charge in [-0.2, -0.15) is 9.97 Å². The molecule has 2 aromatic carbocycles. The predicted octanol–water partition coefficient (Wildman–Crippen LogP) is 3.77. The lowest BCUT2D eigenvalue weighted by Crippen LogP contribution is -2.20. The fraction of sp³-hybridized carbons (Fsp3) is 0.0909. The van der Waals surface area contributed by atoms with Gasteiger partial charge in [0.25, 0.3) is 5.56 Å². The molecule has 0 spiro atoms. The molecule has 0 saturated heterocycles. The molecule has 144 valence electrons. The Morgan fingerprint density at radius 3 is 2.34 bits per heavy atom. The summed E-state index contributed by atoms with van der Waals surface area (Å²) in [5, 5.41) is 3.86. The first-order valence-corrected chi connectivity index (χ1v) is 9.16. The number of nitrogens with one attached hydrogen (secondary N) is 1. The third-order valence-electron chi connectivity index (χ3n) is 4.37. The highest BCUT2D eigenvalue weighted by Gasteiger charge is 2.16. The van der Waals surface area contributed by atoms with Gasteiger partial charge in [0, 0.05) is 18.3 Å². The average Bonchev–Trinajstić information content (AvgIpc) is 2.75. The molecule has 0 aliphatic rings. The van der Waals surface area contributed by atoms with E-state index in [-0.39, 0.29) is 11.6 Å². The second-order valence-electron chi connectivity index (χ2n) is 6.25. The molecule has 0 aliphatic carbocycles. The summed E-state index contributed by atoms with van der Waals surface area (Å²) < 4.78 is 6.92. The number of esters is 1. The summed E-state index contributed by atoms with van der Waals surface area (Å²) in [5.41, 5.74) is 1.39. The van der Waals surface area contributed by atoms with Crippen molar-refractivity contribution >= 4 is 28.5 Å². The first-order valence-electron chi connectivity index (χ1n) is 9.16. The molecule has 0 bridgehead atoms. The van der Waals surface area contributed by atoms with Crippen LogP contribution in [0.4, 0.5) is 11.5 Å². The lowest BCUT2D eigenvalue weighted by atomic mass is 10.2. The van der Waals surface area contributed by atoms with Crippen molar-refractivity contribution in [3.63, 3.8) is 0 Å². The van der Waals surface area contributed by atoms with Gasteiger partial charge in [0.15, 0.2) is 5.65 Å². The van der Waals surface area contributed by atoms with Gasteiger partial charge in [0.2, 0.25) is 0 Å². The normalized spacial score (nSPS) is 10.7. The number of nitrogens with zero attached hydrogens (tertiary/aromatic N) is 3. The Kier molecular flexibility index (Phi) is 5.03. The number of hydrogen-bond donors (Lipinski definition) is 1. The van der Waals surface area contributed by atoms with Crippen LogP contribution in [0.5, 0.6) is 6.01 Å². The van der Waals surface area contributed by atoms with E-state index in [1.165, 1.54) is 10.6 Å². The molecule has 0 radical (unpaired) electrons. The van der Waals surface area contributed by atoms with E-state index >= 15 is 0 Å². The fourth-order valence-corrected chi connectivity index (χ4v) is 2.97. The Labute approximate surface area is 166 Å². The molecule has 0 saturated carbocycles. The van der Waals surface area contributed by atoms with Crippen LogP contribution >= 0.6 is 0 Å². The molecular formula is C22H18N4O3. The molecule has 29 heavy (non-hydrogen) atoms. The summed E-state index contributed by atoms with van der Waals surface area (Å²) in [5.74, 6) is -0.129. The molecule has 1 N–H and O–H groups in total. The standard InChI is InChI=1S/C22H18N4O3/c1-2-26-18(27)14-13-17-19(23-16-11-7-4-8-12-16)24-22(25-20(17)26)29-21(28)15-9-5-3-6-10-15/h3-14H,2H2,1H3,(H,23,24,25). The Morgan fingerprint density at radius 2 is 1.66 bits per heavy atom. The number of hydrogen-bond acceptors (Lipinski definition) is 6. The molecule has 0 amide bonds. The van der Waals surface area contributed by atoms with E-state index in [4.69, 9.17) is 4.74 Å².